The Labute approximate surface area is 138 Å². The van der Waals surface area contributed by atoms with Gasteiger partial charge in [0.1, 0.15) is 11.4 Å². The van der Waals surface area contributed by atoms with E-state index in [1.54, 1.807) is 0 Å². The first kappa shape index (κ1) is 17.1. The van der Waals surface area contributed by atoms with E-state index in [1.807, 2.05) is 61.8 Å². The Morgan fingerprint density at radius 1 is 1.39 bits per heavy atom. The number of carbonyl (C=O) groups excluding carboxylic acids is 1. The van der Waals surface area contributed by atoms with Crippen LogP contribution < -0.4 is 10.1 Å². The number of hydrogen-bond donors (Lipinski definition) is 1. The van der Waals surface area contributed by atoms with Crippen molar-refractivity contribution in [2.45, 2.75) is 46.7 Å². The first-order valence-electron chi connectivity index (χ1n) is 8.29. The number of benzene rings is 1. The minimum Gasteiger partial charge on any atom is -0.493 e. The van der Waals surface area contributed by atoms with Crippen molar-refractivity contribution in [3.8, 4) is 5.75 Å². The molecule has 1 aromatic carbocycles. The van der Waals surface area contributed by atoms with Crippen LogP contribution in [0.2, 0.25) is 0 Å². The summed E-state index contributed by atoms with van der Waals surface area (Å²) in [7, 11) is 0. The van der Waals surface area contributed by atoms with Crippen LogP contribution in [0.3, 0.4) is 0 Å². The van der Waals surface area contributed by atoms with E-state index in [4.69, 9.17) is 4.74 Å². The van der Waals surface area contributed by atoms with Gasteiger partial charge < -0.3 is 14.6 Å². The lowest BCUT2D eigenvalue weighted by atomic mass is 10.2. The molecule has 0 aliphatic rings. The third-order valence-electron chi connectivity index (χ3n) is 3.95. The van der Waals surface area contributed by atoms with Crippen molar-refractivity contribution in [1.29, 1.82) is 0 Å². The largest absolute Gasteiger partial charge is 0.493 e. The molecule has 1 amide bonds. The fraction of sp³-hybridized carbons (Fsp3) is 0.421. The van der Waals surface area contributed by atoms with E-state index >= 15 is 0 Å². The number of rotatable bonds is 7. The molecule has 4 nitrogen and oxygen atoms in total. The molecule has 124 valence electrons. The van der Waals surface area contributed by atoms with E-state index in [9.17, 15) is 4.79 Å². The third kappa shape index (κ3) is 3.76. The smallest absolute Gasteiger partial charge is 0.268 e. The number of nitrogens with one attached hydrogen (secondary N) is 1. The molecular formula is C19H26N2O2. The average Bonchev–Trinajstić information content (AvgIpc) is 2.92. The first-order valence-corrected chi connectivity index (χ1v) is 8.29. The molecule has 2 aromatic rings. The summed E-state index contributed by atoms with van der Waals surface area (Å²) in [6.07, 6.45) is 4.95. The van der Waals surface area contributed by atoms with Crippen LogP contribution in [-0.4, -0.2) is 23.1 Å². The Morgan fingerprint density at radius 3 is 2.83 bits per heavy atom. The summed E-state index contributed by atoms with van der Waals surface area (Å²) in [4.78, 5) is 12.6. The predicted octanol–water partition coefficient (Wildman–Crippen LogP) is 4.14. The molecule has 0 saturated heterocycles. The molecule has 0 unspecified atom stereocenters. The molecule has 4 heteroatoms. The lowest BCUT2D eigenvalue weighted by Crippen LogP contribution is -2.33. The molecule has 0 aliphatic heterocycles. The molecule has 1 heterocycles. The van der Waals surface area contributed by atoms with Gasteiger partial charge in [-0.1, -0.05) is 25.1 Å². The number of fused-ring (bicyclic) bond motifs is 1. The summed E-state index contributed by atoms with van der Waals surface area (Å²) in [5.41, 5.74) is 1.69. The Kier molecular flexibility index (Phi) is 5.85. The maximum Gasteiger partial charge on any atom is 0.268 e. The number of amides is 1. The summed E-state index contributed by atoms with van der Waals surface area (Å²) in [5, 5.41) is 4.03. The van der Waals surface area contributed by atoms with Crippen molar-refractivity contribution in [3.63, 3.8) is 0 Å². The second kappa shape index (κ2) is 7.86. The fourth-order valence-corrected chi connectivity index (χ4v) is 2.53. The number of aromatic nitrogens is 1. The van der Waals surface area contributed by atoms with Gasteiger partial charge >= 0.3 is 0 Å². The zero-order chi connectivity index (χ0) is 16.8. The standard InChI is InChI=1S/C19H26N2O2/c1-5-8-12-21-16-10-9-11-18(23-7-3)15(16)13-17(21)19(22)20-14(4)6-2/h5,8-11,13-14H,6-7,12H2,1-4H3,(H,20,22)/b8-5-/t14-/m1/s1. The highest BCUT2D eigenvalue weighted by Crippen LogP contribution is 2.29. The highest BCUT2D eigenvalue weighted by molar-refractivity contribution is 6.00. The number of hydrogen-bond acceptors (Lipinski definition) is 2. The van der Waals surface area contributed by atoms with Crippen LogP contribution in [0.1, 0.15) is 44.6 Å². The van der Waals surface area contributed by atoms with Gasteiger partial charge in [0.15, 0.2) is 0 Å². The monoisotopic (exact) mass is 314 g/mol. The van der Waals surface area contributed by atoms with E-state index in [-0.39, 0.29) is 11.9 Å². The quantitative estimate of drug-likeness (QED) is 0.780. The predicted molar refractivity (Wildman–Crippen MR) is 95.1 cm³/mol. The Bertz CT molecular complexity index is 701. The molecule has 1 atom stereocenters. The van der Waals surface area contributed by atoms with E-state index in [0.29, 0.717) is 18.8 Å². The normalized spacial score (nSPS) is 12.7. The summed E-state index contributed by atoms with van der Waals surface area (Å²) < 4.78 is 7.75. The van der Waals surface area contributed by atoms with E-state index in [1.165, 1.54) is 0 Å². The highest BCUT2D eigenvalue weighted by Gasteiger charge is 2.18. The average molecular weight is 314 g/mol. The summed E-state index contributed by atoms with van der Waals surface area (Å²) in [6.45, 7) is 9.30. The molecule has 23 heavy (non-hydrogen) atoms. The molecule has 2 rings (SSSR count). The molecule has 0 bridgehead atoms. The Balaban J connectivity index is 2.52. The zero-order valence-corrected chi connectivity index (χ0v) is 14.4. The molecule has 0 radical (unpaired) electrons. The lowest BCUT2D eigenvalue weighted by Gasteiger charge is -2.13. The molecule has 1 aromatic heterocycles. The van der Waals surface area contributed by atoms with Crippen molar-refractivity contribution < 1.29 is 9.53 Å². The van der Waals surface area contributed by atoms with Gasteiger partial charge in [-0.25, -0.2) is 0 Å². The minimum absolute atomic E-state index is 0.0394. The van der Waals surface area contributed by atoms with Crippen LogP contribution in [0.5, 0.6) is 5.75 Å². The van der Waals surface area contributed by atoms with Crippen molar-refractivity contribution in [1.82, 2.24) is 9.88 Å². The van der Waals surface area contributed by atoms with Crippen molar-refractivity contribution >= 4 is 16.8 Å². The third-order valence-corrected chi connectivity index (χ3v) is 3.95. The second-order valence-corrected chi connectivity index (χ2v) is 5.61. The second-order valence-electron chi connectivity index (χ2n) is 5.61. The Morgan fingerprint density at radius 2 is 2.17 bits per heavy atom. The molecule has 0 saturated carbocycles. The fourth-order valence-electron chi connectivity index (χ4n) is 2.53. The van der Waals surface area contributed by atoms with Gasteiger partial charge in [0.2, 0.25) is 0 Å². The molecule has 0 aliphatic carbocycles. The van der Waals surface area contributed by atoms with Gasteiger partial charge in [0.25, 0.3) is 5.91 Å². The SMILES string of the molecule is C/C=C\Cn1c(C(=O)N[C@H](C)CC)cc2c(OCC)cccc21. The van der Waals surface area contributed by atoms with Gasteiger partial charge in [-0.15, -0.1) is 0 Å². The highest BCUT2D eigenvalue weighted by atomic mass is 16.5. The van der Waals surface area contributed by atoms with E-state index < -0.39 is 0 Å². The molecule has 0 fully saturated rings. The molecule has 1 N–H and O–H groups in total. The number of nitrogens with zero attached hydrogens (tertiary/aromatic N) is 1. The molecular weight excluding hydrogens is 288 g/mol. The number of ether oxygens (including phenoxy) is 1. The van der Waals surface area contributed by atoms with E-state index in [0.717, 1.165) is 23.1 Å². The summed E-state index contributed by atoms with van der Waals surface area (Å²) >= 11 is 0. The van der Waals surface area contributed by atoms with Gasteiger partial charge in [-0.2, -0.15) is 0 Å². The maximum atomic E-state index is 12.6. The summed E-state index contributed by atoms with van der Waals surface area (Å²) in [5.74, 6) is 0.782. The van der Waals surface area contributed by atoms with Crippen molar-refractivity contribution in [2.75, 3.05) is 6.61 Å². The van der Waals surface area contributed by atoms with Crippen LogP contribution in [0, 0.1) is 0 Å². The van der Waals surface area contributed by atoms with Gasteiger partial charge in [0.05, 0.1) is 12.1 Å². The van der Waals surface area contributed by atoms with Gasteiger partial charge in [-0.05, 0) is 45.4 Å². The van der Waals surface area contributed by atoms with Crippen molar-refractivity contribution in [2.24, 2.45) is 0 Å². The maximum absolute atomic E-state index is 12.6. The number of allylic oxidation sites excluding steroid dienone is 2. The topological polar surface area (TPSA) is 43.3 Å². The molecule has 0 spiro atoms. The van der Waals surface area contributed by atoms with Gasteiger partial charge in [0, 0.05) is 18.0 Å². The van der Waals surface area contributed by atoms with Crippen LogP contribution in [-0.2, 0) is 6.54 Å². The van der Waals surface area contributed by atoms with Crippen LogP contribution in [0.15, 0.2) is 36.4 Å². The lowest BCUT2D eigenvalue weighted by molar-refractivity contribution is 0.0931. The first-order chi connectivity index (χ1) is 11.1. The van der Waals surface area contributed by atoms with E-state index in [2.05, 4.69) is 12.2 Å². The van der Waals surface area contributed by atoms with Gasteiger partial charge in [-0.3, -0.25) is 4.79 Å². The Hall–Kier alpha value is -2.23. The van der Waals surface area contributed by atoms with Crippen LogP contribution >= 0.6 is 0 Å². The van der Waals surface area contributed by atoms with Crippen LogP contribution in [0.25, 0.3) is 10.9 Å². The van der Waals surface area contributed by atoms with Crippen molar-refractivity contribution in [3.05, 3.63) is 42.1 Å². The number of carbonyl (C=O) groups is 1. The van der Waals surface area contributed by atoms with Crippen LogP contribution in [0.4, 0.5) is 0 Å². The summed E-state index contributed by atoms with van der Waals surface area (Å²) in [6, 6.07) is 8.03. The zero-order valence-electron chi connectivity index (χ0n) is 14.4. The minimum atomic E-state index is -0.0394.